The van der Waals surface area contributed by atoms with Crippen molar-refractivity contribution in [3.05, 3.63) is 11.0 Å². The quantitative estimate of drug-likeness (QED) is 0.617. The van der Waals surface area contributed by atoms with Crippen LogP contribution in [0.5, 0.6) is 0 Å². The Hall–Kier alpha value is 0.0500. The fraction of sp³-hybridized carbons (Fsp3) is 0.714. The largest absolute Gasteiger partial charge is 0.319 e. The molecule has 0 rings (SSSR count). The van der Waals surface area contributed by atoms with Crippen LogP contribution in [0.25, 0.3) is 0 Å². The highest BCUT2D eigenvalue weighted by atomic mass is 32.2. The van der Waals surface area contributed by atoms with E-state index in [4.69, 9.17) is 5.73 Å². The minimum Gasteiger partial charge on any atom is -0.319 e. The van der Waals surface area contributed by atoms with Crippen molar-refractivity contribution in [1.29, 1.82) is 0 Å². The van der Waals surface area contributed by atoms with Gasteiger partial charge in [-0.1, -0.05) is 12.5 Å². The summed E-state index contributed by atoms with van der Waals surface area (Å²) in [5.41, 5.74) is 6.91. The average molecular weight is 145 g/mol. The van der Waals surface area contributed by atoms with Crippen molar-refractivity contribution < 1.29 is 0 Å². The summed E-state index contributed by atoms with van der Waals surface area (Å²) in [5.74, 6) is 0. The van der Waals surface area contributed by atoms with Gasteiger partial charge in [0.15, 0.2) is 0 Å². The molecule has 0 aliphatic heterocycles. The lowest BCUT2D eigenvalue weighted by Crippen LogP contribution is -2.07. The van der Waals surface area contributed by atoms with Gasteiger partial charge >= 0.3 is 0 Å². The smallest absolute Gasteiger partial charge is 0.0519 e. The predicted molar refractivity (Wildman–Crippen MR) is 45.3 cm³/mol. The van der Waals surface area contributed by atoms with Crippen molar-refractivity contribution in [2.45, 2.75) is 32.6 Å². The lowest BCUT2D eigenvalue weighted by atomic mass is 10.3. The Morgan fingerprint density at radius 3 is 2.67 bits per heavy atom. The van der Waals surface area contributed by atoms with Gasteiger partial charge in [-0.25, -0.2) is 0 Å². The van der Waals surface area contributed by atoms with Crippen LogP contribution in [0.15, 0.2) is 11.0 Å². The first-order valence-electron chi connectivity index (χ1n) is 3.23. The van der Waals surface area contributed by atoms with Crippen LogP contribution in [-0.4, -0.2) is 5.37 Å². The molecule has 0 aromatic carbocycles. The van der Waals surface area contributed by atoms with Crippen molar-refractivity contribution >= 4 is 11.8 Å². The van der Waals surface area contributed by atoms with Crippen LogP contribution in [0.1, 0.15) is 27.2 Å². The average Bonchev–Trinajstić information content (AvgIpc) is 1.83. The molecule has 54 valence electrons. The Morgan fingerprint density at radius 2 is 2.33 bits per heavy atom. The molecule has 2 heteroatoms. The third-order valence-corrected chi connectivity index (χ3v) is 2.01. The van der Waals surface area contributed by atoms with Gasteiger partial charge in [0.2, 0.25) is 0 Å². The van der Waals surface area contributed by atoms with Crippen LogP contribution in [0.3, 0.4) is 0 Å². The van der Waals surface area contributed by atoms with Gasteiger partial charge in [-0.2, -0.15) is 0 Å². The van der Waals surface area contributed by atoms with Gasteiger partial charge in [0, 0.05) is 0 Å². The second-order valence-electron chi connectivity index (χ2n) is 2.16. The molecule has 2 N–H and O–H groups in total. The highest BCUT2D eigenvalue weighted by molar-refractivity contribution is 8.02. The molecular formula is C7H15NS. The molecule has 1 unspecified atom stereocenters. The molecule has 0 amide bonds. The van der Waals surface area contributed by atoms with E-state index < -0.39 is 0 Å². The molecule has 1 nitrogen and oxygen atoms in total. The van der Waals surface area contributed by atoms with Gasteiger partial charge < -0.3 is 5.73 Å². The summed E-state index contributed by atoms with van der Waals surface area (Å²) in [6.07, 6.45) is 1.12. The number of rotatable bonds is 3. The fourth-order valence-electron chi connectivity index (χ4n) is 0.307. The molecule has 0 aliphatic carbocycles. The van der Waals surface area contributed by atoms with Crippen molar-refractivity contribution in [3.63, 3.8) is 0 Å². The van der Waals surface area contributed by atoms with Crippen molar-refractivity contribution in [2.24, 2.45) is 5.73 Å². The zero-order valence-corrected chi connectivity index (χ0v) is 7.16. The Bertz CT molecular complexity index is 97.1. The van der Waals surface area contributed by atoms with Crippen LogP contribution in [0.2, 0.25) is 0 Å². The van der Waals surface area contributed by atoms with E-state index in [2.05, 4.69) is 19.3 Å². The van der Waals surface area contributed by atoms with Crippen LogP contribution < -0.4 is 5.73 Å². The van der Waals surface area contributed by atoms with E-state index in [9.17, 15) is 0 Å². The molecule has 0 aromatic heterocycles. The zero-order valence-electron chi connectivity index (χ0n) is 6.35. The fourth-order valence-corrected chi connectivity index (χ4v) is 0.920. The molecule has 0 aromatic rings. The zero-order chi connectivity index (χ0) is 7.28. The van der Waals surface area contributed by atoms with E-state index in [0.717, 1.165) is 6.42 Å². The van der Waals surface area contributed by atoms with Gasteiger partial charge in [0.05, 0.1) is 5.37 Å². The summed E-state index contributed by atoms with van der Waals surface area (Å²) in [4.78, 5) is 0. The number of hydrogen-bond acceptors (Lipinski definition) is 2. The number of hydrogen-bond donors (Lipinski definition) is 1. The summed E-state index contributed by atoms with van der Waals surface area (Å²) in [5, 5.41) is 2.36. The van der Waals surface area contributed by atoms with Crippen LogP contribution >= 0.6 is 11.8 Å². The number of nitrogens with two attached hydrogens (primary N) is 1. The first-order valence-corrected chi connectivity index (χ1v) is 4.17. The molecule has 9 heavy (non-hydrogen) atoms. The Labute approximate surface area is 61.7 Å². The molecule has 1 atom stereocenters. The lowest BCUT2D eigenvalue weighted by molar-refractivity contribution is 1.05. The molecule has 0 bridgehead atoms. The summed E-state index contributed by atoms with van der Waals surface area (Å²) in [6, 6.07) is 0. The maximum atomic E-state index is 5.51. The lowest BCUT2D eigenvalue weighted by Gasteiger charge is -1.99. The standard InChI is InChI=1S/C7H15NS/c1-4-6(2)5-9-7(3)8/h5,7H,4,8H2,1-3H3/b6-5+. The van der Waals surface area contributed by atoms with Crippen molar-refractivity contribution in [3.8, 4) is 0 Å². The molecule has 0 fully saturated rings. The predicted octanol–water partition coefficient (Wildman–Crippen LogP) is 2.34. The molecule has 0 aliphatic rings. The second-order valence-corrected chi connectivity index (χ2v) is 3.41. The molecule has 0 saturated heterocycles. The van der Waals surface area contributed by atoms with E-state index >= 15 is 0 Å². The molecule has 0 heterocycles. The SMILES string of the molecule is CC/C(C)=C/SC(C)N. The minimum atomic E-state index is 0.228. The van der Waals surface area contributed by atoms with Gasteiger partial charge in [0.1, 0.15) is 0 Å². The maximum Gasteiger partial charge on any atom is 0.0519 e. The van der Waals surface area contributed by atoms with E-state index in [1.807, 2.05) is 6.92 Å². The van der Waals surface area contributed by atoms with Gasteiger partial charge in [-0.3, -0.25) is 0 Å². The summed E-state index contributed by atoms with van der Waals surface area (Å²) in [7, 11) is 0. The van der Waals surface area contributed by atoms with E-state index in [-0.39, 0.29) is 5.37 Å². The highest BCUT2D eigenvalue weighted by Crippen LogP contribution is 2.11. The first-order chi connectivity index (χ1) is 4.16. The van der Waals surface area contributed by atoms with Gasteiger partial charge in [-0.05, 0) is 25.7 Å². The highest BCUT2D eigenvalue weighted by Gasteiger charge is 1.89. The summed E-state index contributed by atoms with van der Waals surface area (Å²) >= 11 is 1.68. The molecule has 0 radical (unpaired) electrons. The third-order valence-electron chi connectivity index (χ3n) is 1.04. The monoisotopic (exact) mass is 145 g/mol. The Morgan fingerprint density at radius 1 is 1.78 bits per heavy atom. The van der Waals surface area contributed by atoms with Crippen molar-refractivity contribution in [1.82, 2.24) is 0 Å². The summed E-state index contributed by atoms with van der Waals surface area (Å²) < 4.78 is 0. The van der Waals surface area contributed by atoms with Crippen LogP contribution in [-0.2, 0) is 0 Å². The number of allylic oxidation sites excluding steroid dienone is 1. The van der Waals surface area contributed by atoms with Gasteiger partial charge in [-0.15, -0.1) is 11.8 Å². The normalized spacial score (nSPS) is 15.8. The molecule has 0 spiro atoms. The Kier molecular flexibility index (Phi) is 4.91. The minimum absolute atomic E-state index is 0.228. The van der Waals surface area contributed by atoms with E-state index in [1.165, 1.54) is 5.57 Å². The summed E-state index contributed by atoms with van der Waals surface area (Å²) in [6.45, 7) is 6.26. The second kappa shape index (κ2) is 4.89. The third kappa shape index (κ3) is 5.93. The maximum absolute atomic E-state index is 5.51. The molecule has 0 saturated carbocycles. The first kappa shape index (κ1) is 9.05. The number of thioether (sulfide) groups is 1. The van der Waals surface area contributed by atoms with Gasteiger partial charge in [0.25, 0.3) is 0 Å². The molecular weight excluding hydrogens is 130 g/mol. The van der Waals surface area contributed by atoms with E-state index in [1.54, 1.807) is 11.8 Å². The van der Waals surface area contributed by atoms with Crippen molar-refractivity contribution in [2.75, 3.05) is 0 Å². The Balaban J connectivity index is 3.43. The van der Waals surface area contributed by atoms with Crippen LogP contribution in [0, 0.1) is 0 Å². The van der Waals surface area contributed by atoms with Crippen LogP contribution in [0.4, 0.5) is 0 Å². The van der Waals surface area contributed by atoms with E-state index in [0.29, 0.717) is 0 Å². The topological polar surface area (TPSA) is 26.0 Å².